The molecule has 0 bridgehead atoms. The van der Waals surface area contributed by atoms with E-state index in [1.165, 1.54) is 19.2 Å². The zero-order chi connectivity index (χ0) is 32.2. The third-order valence-electron chi connectivity index (χ3n) is 7.87. The molecule has 45 heavy (non-hydrogen) atoms. The van der Waals surface area contributed by atoms with Crippen molar-refractivity contribution in [2.45, 2.75) is 39.3 Å². The molecule has 2 aliphatic heterocycles. The second-order valence-corrected chi connectivity index (χ2v) is 11.4. The molecule has 0 atom stereocenters. The number of morpholine rings is 1. The average Bonchev–Trinajstić information content (AvgIpc) is 3.62. The van der Waals surface area contributed by atoms with Gasteiger partial charge in [-0.3, -0.25) is 14.7 Å². The van der Waals surface area contributed by atoms with Gasteiger partial charge in [-0.05, 0) is 47.2 Å². The van der Waals surface area contributed by atoms with Crippen molar-refractivity contribution < 1.29 is 33.7 Å². The van der Waals surface area contributed by atoms with Crippen LogP contribution in [0.3, 0.4) is 0 Å². The number of nitrogens with zero attached hydrogens (tertiary/aromatic N) is 5. The van der Waals surface area contributed by atoms with Gasteiger partial charge in [-0.15, -0.1) is 0 Å². The van der Waals surface area contributed by atoms with Crippen LogP contribution in [0.5, 0.6) is 17.2 Å². The molecule has 0 saturated carbocycles. The van der Waals surface area contributed by atoms with Gasteiger partial charge in [0.2, 0.25) is 0 Å². The summed E-state index contributed by atoms with van der Waals surface area (Å²) in [7, 11) is 1.32. The fourth-order valence-corrected chi connectivity index (χ4v) is 5.36. The standard InChI is InChI=1S/C31H39N7O7/c1-19(2)23-14-24(25(39)15-26(23)45-30(41)27-28(32)38(18-34-27)31(42)35(3)33)29(40)37-16-20-5-6-22(13-21(20)17-37)44-10-4-7-36-8-11-43-12-9-36/h5-6,13-15,18-19,39H,4,7-12,16-17,32-33H2,1-3H3. The molecule has 0 aliphatic carbocycles. The summed E-state index contributed by atoms with van der Waals surface area (Å²) >= 11 is 0. The van der Waals surface area contributed by atoms with Gasteiger partial charge in [0.15, 0.2) is 5.69 Å². The summed E-state index contributed by atoms with van der Waals surface area (Å²) in [5.74, 6) is 4.20. The average molecular weight is 622 g/mol. The molecule has 240 valence electrons. The summed E-state index contributed by atoms with van der Waals surface area (Å²) in [6, 6.07) is 7.91. The van der Waals surface area contributed by atoms with Gasteiger partial charge in [-0.1, -0.05) is 19.9 Å². The predicted octanol–water partition coefficient (Wildman–Crippen LogP) is 2.54. The molecule has 2 aliphatic rings. The number of fused-ring (bicyclic) bond motifs is 1. The van der Waals surface area contributed by atoms with Gasteiger partial charge in [0.05, 0.1) is 25.4 Å². The quantitative estimate of drug-likeness (QED) is 0.0798. The van der Waals surface area contributed by atoms with Crippen LogP contribution in [-0.2, 0) is 17.8 Å². The fraction of sp³-hybridized carbons (Fsp3) is 0.419. The Hall–Kier alpha value is -4.66. The number of hydrazine groups is 1. The first-order chi connectivity index (χ1) is 21.5. The molecule has 3 aromatic rings. The van der Waals surface area contributed by atoms with Gasteiger partial charge in [0.1, 0.15) is 29.4 Å². The van der Waals surface area contributed by atoms with E-state index in [0.29, 0.717) is 25.3 Å². The molecule has 1 aromatic heterocycles. The number of aromatic nitrogens is 2. The molecular formula is C31H39N7O7. The highest BCUT2D eigenvalue weighted by Crippen LogP contribution is 2.36. The molecule has 14 heteroatoms. The number of carbonyl (C=O) groups is 3. The second-order valence-electron chi connectivity index (χ2n) is 11.4. The fourth-order valence-electron chi connectivity index (χ4n) is 5.36. The number of carbonyl (C=O) groups excluding carboxylic acids is 3. The van der Waals surface area contributed by atoms with Gasteiger partial charge in [-0.25, -0.2) is 25.0 Å². The summed E-state index contributed by atoms with van der Waals surface area (Å²) in [5.41, 5.74) is 8.25. The van der Waals surface area contributed by atoms with Gasteiger partial charge in [0, 0.05) is 45.8 Å². The Morgan fingerprint density at radius 1 is 1.11 bits per heavy atom. The van der Waals surface area contributed by atoms with Crippen molar-refractivity contribution >= 4 is 23.7 Å². The van der Waals surface area contributed by atoms with Gasteiger partial charge < -0.3 is 30.0 Å². The monoisotopic (exact) mass is 621 g/mol. The Labute approximate surface area is 261 Å². The van der Waals surface area contributed by atoms with Gasteiger partial charge >= 0.3 is 12.0 Å². The van der Waals surface area contributed by atoms with E-state index in [1.807, 2.05) is 32.0 Å². The normalized spacial score (nSPS) is 14.8. The van der Waals surface area contributed by atoms with E-state index in [4.69, 9.17) is 25.8 Å². The first-order valence-electron chi connectivity index (χ1n) is 14.8. The van der Waals surface area contributed by atoms with Crippen molar-refractivity contribution in [2.75, 3.05) is 52.2 Å². The summed E-state index contributed by atoms with van der Waals surface area (Å²) in [6.45, 7) is 9.48. The molecule has 0 spiro atoms. The summed E-state index contributed by atoms with van der Waals surface area (Å²) in [5, 5.41) is 11.7. The van der Waals surface area contributed by atoms with Crippen LogP contribution < -0.4 is 21.1 Å². The van der Waals surface area contributed by atoms with Crippen molar-refractivity contribution in [2.24, 2.45) is 5.84 Å². The van der Waals surface area contributed by atoms with E-state index >= 15 is 0 Å². The molecule has 0 radical (unpaired) electrons. The second kappa shape index (κ2) is 13.5. The molecule has 1 fully saturated rings. The SMILES string of the molecule is CC(C)c1cc(C(=O)N2Cc3ccc(OCCCN4CCOCC4)cc3C2)c(O)cc1OC(=O)c1ncn(C(=O)N(C)N)c1N. The molecule has 2 aromatic carbocycles. The molecule has 5 rings (SSSR count). The van der Waals surface area contributed by atoms with E-state index in [0.717, 1.165) is 72.0 Å². The van der Waals surface area contributed by atoms with Gasteiger partial charge in [0.25, 0.3) is 5.91 Å². The summed E-state index contributed by atoms with van der Waals surface area (Å²) in [6.07, 6.45) is 1.97. The van der Waals surface area contributed by atoms with Crippen LogP contribution in [0.1, 0.15) is 63.7 Å². The van der Waals surface area contributed by atoms with Crippen molar-refractivity contribution in [1.29, 1.82) is 0 Å². The van der Waals surface area contributed by atoms with Gasteiger partial charge in [-0.2, -0.15) is 0 Å². The van der Waals surface area contributed by atoms with Crippen LogP contribution in [0.2, 0.25) is 0 Å². The Balaban J connectivity index is 1.25. The van der Waals surface area contributed by atoms with Crippen LogP contribution >= 0.6 is 0 Å². The number of imidazole rings is 1. The van der Waals surface area contributed by atoms with Crippen LogP contribution in [0.15, 0.2) is 36.7 Å². The smallest absolute Gasteiger partial charge is 0.366 e. The van der Waals surface area contributed by atoms with E-state index < -0.39 is 12.0 Å². The number of nitrogens with two attached hydrogens (primary N) is 2. The molecule has 5 N–H and O–H groups in total. The predicted molar refractivity (Wildman–Crippen MR) is 164 cm³/mol. The molecule has 2 amide bonds. The third kappa shape index (κ3) is 7.03. The van der Waals surface area contributed by atoms with Crippen molar-refractivity contribution in [3.05, 3.63) is 64.6 Å². The highest BCUT2D eigenvalue weighted by Gasteiger charge is 2.29. The minimum atomic E-state index is -0.937. The highest BCUT2D eigenvalue weighted by molar-refractivity contribution is 5.99. The molecule has 3 heterocycles. The Kier molecular flexibility index (Phi) is 9.56. The molecule has 1 saturated heterocycles. The lowest BCUT2D eigenvalue weighted by molar-refractivity contribution is 0.0358. The Morgan fingerprint density at radius 3 is 2.56 bits per heavy atom. The Bertz CT molecular complexity index is 1580. The number of esters is 1. The number of hydrogen-bond donors (Lipinski definition) is 3. The number of rotatable bonds is 9. The number of anilines is 1. The maximum Gasteiger partial charge on any atom is 0.366 e. The van der Waals surface area contributed by atoms with E-state index in [-0.39, 0.29) is 40.4 Å². The maximum absolute atomic E-state index is 13.6. The van der Waals surface area contributed by atoms with Crippen molar-refractivity contribution in [1.82, 2.24) is 24.4 Å². The number of hydrogen-bond acceptors (Lipinski definition) is 11. The number of phenolic OH excluding ortho intramolecular Hbond substituents is 1. The largest absolute Gasteiger partial charge is 0.507 e. The first kappa shape index (κ1) is 31.8. The number of aromatic hydroxyl groups is 1. The number of nitrogen functional groups attached to an aromatic ring is 1. The number of ether oxygens (including phenoxy) is 3. The number of amides is 2. The van der Waals surface area contributed by atoms with E-state index in [1.54, 1.807) is 4.90 Å². The first-order valence-corrected chi connectivity index (χ1v) is 14.8. The highest BCUT2D eigenvalue weighted by atomic mass is 16.5. The minimum absolute atomic E-state index is 0.0420. The number of phenols is 1. The zero-order valence-corrected chi connectivity index (χ0v) is 25.7. The van der Waals surface area contributed by atoms with Crippen LogP contribution in [-0.4, -0.2) is 93.9 Å². The minimum Gasteiger partial charge on any atom is -0.507 e. The van der Waals surface area contributed by atoms with Crippen molar-refractivity contribution in [3.8, 4) is 17.2 Å². The lowest BCUT2D eigenvalue weighted by Gasteiger charge is -2.26. The van der Waals surface area contributed by atoms with E-state index in [9.17, 15) is 19.5 Å². The number of benzene rings is 2. The van der Waals surface area contributed by atoms with Crippen LogP contribution in [0.25, 0.3) is 0 Å². The zero-order valence-electron chi connectivity index (χ0n) is 25.7. The maximum atomic E-state index is 13.6. The molecule has 0 unspecified atom stereocenters. The van der Waals surface area contributed by atoms with Crippen LogP contribution in [0, 0.1) is 0 Å². The lowest BCUT2D eigenvalue weighted by Crippen LogP contribution is -2.37. The Morgan fingerprint density at radius 2 is 1.84 bits per heavy atom. The van der Waals surface area contributed by atoms with Crippen LogP contribution in [0.4, 0.5) is 10.6 Å². The summed E-state index contributed by atoms with van der Waals surface area (Å²) in [4.78, 5) is 46.6. The third-order valence-corrected chi connectivity index (χ3v) is 7.87. The molecule has 14 nitrogen and oxygen atoms in total. The summed E-state index contributed by atoms with van der Waals surface area (Å²) < 4.78 is 17.8. The topological polar surface area (TPSA) is 179 Å². The van der Waals surface area contributed by atoms with Crippen molar-refractivity contribution in [3.63, 3.8) is 0 Å². The molecular weight excluding hydrogens is 582 g/mol. The lowest BCUT2D eigenvalue weighted by atomic mass is 9.98. The van der Waals surface area contributed by atoms with E-state index in [2.05, 4.69) is 9.88 Å².